The highest BCUT2D eigenvalue weighted by atomic mass is 35.5. The van der Waals surface area contributed by atoms with Crippen LogP contribution in [0.2, 0.25) is 5.02 Å². The fourth-order valence-electron chi connectivity index (χ4n) is 3.03. The minimum Gasteiger partial charge on any atom is -0.481 e. The van der Waals surface area contributed by atoms with Crippen LogP contribution in [0.25, 0.3) is 0 Å². The van der Waals surface area contributed by atoms with E-state index in [1.54, 1.807) is 43.3 Å². The Morgan fingerprint density at radius 2 is 1.81 bits per heavy atom. The molecule has 0 aromatic heterocycles. The van der Waals surface area contributed by atoms with Crippen LogP contribution in [0.4, 0.5) is 4.79 Å². The highest BCUT2D eigenvalue weighted by Gasteiger charge is 2.29. The quantitative estimate of drug-likeness (QED) is 0.819. The van der Waals surface area contributed by atoms with E-state index in [0.29, 0.717) is 36.5 Å². The second kappa shape index (κ2) is 8.89. The van der Waals surface area contributed by atoms with Crippen LogP contribution in [0.5, 0.6) is 0 Å². The Balaban J connectivity index is 1.98. The predicted molar refractivity (Wildman–Crippen MR) is 98.0 cm³/mol. The van der Waals surface area contributed by atoms with Gasteiger partial charge in [0, 0.05) is 38.1 Å². The molecule has 1 aliphatic heterocycles. The van der Waals surface area contributed by atoms with Gasteiger partial charge in [0.15, 0.2) is 0 Å². The number of nitrogens with one attached hydrogen (secondary N) is 1. The van der Waals surface area contributed by atoms with Gasteiger partial charge in [-0.2, -0.15) is 0 Å². The van der Waals surface area contributed by atoms with Gasteiger partial charge in [0.1, 0.15) is 0 Å². The molecule has 1 aromatic rings. The lowest BCUT2D eigenvalue weighted by molar-refractivity contribution is -0.138. The summed E-state index contributed by atoms with van der Waals surface area (Å²) in [6, 6.07) is 6.10. The largest absolute Gasteiger partial charge is 0.481 e. The average Bonchev–Trinajstić information content (AvgIpc) is 2.60. The standard InChI is InChI=1S/C18H24ClN3O4/c1-21(2)18(26)22-9-7-13(8-10-22)17(25)20-15(11-16(23)24)12-3-5-14(19)6-4-12/h3-6,13,15H,7-11H2,1-2H3,(H,20,25)(H,23,24)/t15-/m0/s1. The van der Waals surface area contributed by atoms with Crippen molar-refractivity contribution in [2.45, 2.75) is 25.3 Å². The first kappa shape index (κ1) is 20.0. The van der Waals surface area contributed by atoms with Gasteiger partial charge >= 0.3 is 12.0 Å². The fraction of sp³-hybridized carbons (Fsp3) is 0.500. The zero-order valence-electron chi connectivity index (χ0n) is 14.9. The third-order valence-electron chi connectivity index (χ3n) is 4.49. The second-order valence-corrected chi connectivity index (χ2v) is 7.09. The molecule has 1 fully saturated rings. The number of hydrogen-bond acceptors (Lipinski definition) is 3. The maximum absolute atomic E-state index is 12.6. The van der Waals surface area contributed by atoms with E-state index in [9.17, 15) is 14.4 Å². The monoisotopic (exact) mass is 381 g/mol. The van der Waals surface area contributed by atoms with Crippen molar-refractivity contribution in [1.82, 2.24) is 15.1 Å². The van der Waals surface area contributed by atoms with Crippen molar-refractivity contribution in [3.05, 3.63) is 34.9 Å². The third kappa shape index (κ3) is 5.36. The number of aliphatic carboxylic acids is 1. The van der Waals surface area contributed by atoms with Gasteiger partial charge in [0.2, 0.25) is 5.91 Å². The molecule has 1 aromatic carbocycles. The maximum Gasteiger partial charge on any atom is 0.319 e. The van der Waals surface area contributed by atoms with E-state index in [1.807, 2.05) is 0 Å². The molecule has 7 nitrogen and oxygen atoms in total. The Morgan fingerprint density at radius 1 is 1.23 bits per heavy atom. The van der Waals surface area contributed by atoms with Gasteiger partial charge in [-0.05, 0) is 30.5 Å². The van der Waals surface area contributed by atoms with Gasteiger partial charge in [0.05, 0.1) is 12.5 Å². The molecule has 0 bridgehead atoms. The van der Waals surface area contributed by atoms with E-state index in [0.717, 1.165) is 0 Å². The summed E-state index contributed by atoms with van der Waals surface area (Å²) in [5, 5.41) is 12.5. The van der Waals surface area contributed by atoms with E-state index in [-0.39, 0.29) is 24.3 Å². The molecule has 0 saturated carbocycles. The van der Waals surface area contributed by atoms with Crippen molar-refractivity contribution >= 4 is 29.5 Å². The first-order chi connectivity index (χ1) is 12.3. The van der Waals surface area contributed by atoms with Crippen LogP contribution in [-0.2, 0) is 9.59 Å². The highest BCUT2D eigenvalue weighted by molar-refractivity contribution is 6.30. The molecule has 142 valence electrons. The number of hydrogen-bond donors (Lipinski definition) is 2. The Labute approximate surface area is 157 Å². The number of carbonyl (C=O) groups excluding carboxylic acids is 2. The Morgan fingerprint density at radius 3 is 2.31 bits per heavy atom. The van der Waals surface area contributed by atoms with E-state index in [1.165, 1.54) is 4.90 Å². The van der Waals surface area contributed by atoms with Crippen LogP contribution in [0.1, 0.15) is 30.9 Å². The second-order valence-electron chi connectivity index (χ2n) is 6.65. The van der Waals surface area contributed by atoms with Crippen molar-refractivity contribution in [2.24, 2.45) is 5.92 Å². The lowest BCUT2D eigenvalue weighted by Crippen LogP contribution is -2.46. The molecule has 1 heterocycles. The smallest absolute Gasteiger partial charge is 0.319 e. The number of urea groups is 1. The summed E-state index contributed by atoms with van der Waals surface area (Å²) >= 11 is 5.87. The van der Waals surface area contributed by atoms with Crippen LogP contribution in [0.15, 0.2) is 24.3 Å². The lowest BCUT2D eigenvalue weighted by Gasteiger charge is -2.33. The van der Waals surface area contributed by atoms with Gasteiger partial charge in [0.25, 0.3) is 0 Å². The molecule has 1 aliphatic rings. The van der Waals surface area contributed by atoms with Crippen molar-refractivity contribution in [1.29, 1.82) is 0 Å². The number of carboxylic acids is 1. The maximum atomic E-state index is 12.6. The van der Waals surface area contributed by atoms with Crippen LogP contribution in [0.3, 0.4) is 0 Å². The van der Waals surface area contributed by atoms with Crippen molar-refractivity contribution in [3.63, 3.8) is 0 Å². The predicted octanol–water partition coefficient (Wildman–Crippen LogP) is 2.37. The van der Waals surface area contributed by atoms with Crippen LogP contribution >= 0.6 is 11.6 Å². The van der Waals surface area contributed by atoms with Gasteiger partial charge in [-0.1, -0.05) is 23.7 Å². The summed E-state index contributed by atoms with van der Waals surface area (Å²) in [6.07, 6.45) is 0.920. The van der Waals surface area contributed by atoms with Gasteiger partial charge in [-0.3, -0.25) is 9.59 Å². The van der Waals surface area contributed by atoms with E-state index in [2.05, 4.69) is 5.32 Å². The number of nitrogens with zero attached hydrogens (tertiary/aromatic N) is 2. The Hall–Kier alpha value is -2.28. The lowest BCUT2D eigenvalue weighted by atomic mass is 9.94. The number of carbonyl (C=O) groups is 3. The van der Waals surface area contributed by atoms with Crippen LogP contribution in [-0.4, -0.2) is 60.0 Å². The van der Waals surface area contributed by atoms with E-state index < -0.39 is 12.0 Å². The number of halogens is 1. The summed E-state index contributed by atoms with van der Waals surface area (Å²) < 4.78 is 0. The molecule has 2 N–H and O–H groups in total. The molecular weight excluding hydrogens is 358 g/mol. The van der Waals surface area contributed by atoms with E-state index >= 15 is 0 Å². The molecule has 3 amide bonds. The molecule has 1 atom stereocenters. The number of likely N-dealkylation sites (tertiary alicyclic amines) is 1. The average molecular weight is 382 g/mol. The summed E-state index contributed by atoms with van der Waals surface area (Å²) in [7, 11) is 3.40. The van der Waals surface area contributed by atoms with Crippen molar-refractivity contribution < 1.29 is 19.5 Å². The minimum atomic E-state index is -0.989. The summed E-state index contributed by atoms with van der Waals surface area (Å²) in [6.45, 7) is 1.03. The molecule has 26 heavy (non-hydrogen) atoms. The van der Waals surface area contributed by atoms with Crippen LogP contribution in [0, 0.1) is 5.92 Å². The molecule has 0 unspecified atom stereocenters. The summed E-state index contributed by atoms with van der Waals surface area (Å²) in [5.41, 5.74) is 0.699. The molecule has 2 rings (SSSR count). The molecule has 8 heteroatoms. The van der Waals surface area contributed by atoms with Crippen molar-refractivity contribution in [3.8, 4) is 0 Å². The van der Waals surface area contributed by atoms with Crippen molar-refractivity contribution in [2.75, 3.05) is 27.2 Å². The third-order valence-corrected chi connectivity index (χ3v) is 4.74. The summed E-state index contributed by atoms with van der Waals surface area (Å²) in [5.74, 6) is -1.40. The SMILES string of the molecule is CN(C)C(=O)N1CCC(C(=O)N[C@@H](CC(=O)O)c2ccc(Cl)cc2)CC1. The molecule has 1 saturated heterocycles. The minimum absolute atomic E-state index is 0.0613. The highest BCUT2D eigenvalue weighted by Crippen LogP contribution is 2.23. The molecule has 0 radical (unpaired) electrons. The zero-order valence-corrected chi connectivity index (χ0v) is 15.7. The van der Waals surface area contributed by atoms with Gasteiger partial charge < -0.3 is 20.2 Å². The van der Waals surface area contributed by atoms with Gasteiger partial charge in [-0.15, -0.1) is 0 Å². The molecule has 0 aliphatic carbocycles. The number of rotatable bonds is 5. The Kier molecular flexibility index (Phi) is 6.85. The number of carboxylic acid groups (broad SMARTS) is 1. The van der Waals surface area contributed by atoms with E-state index in [4.69, 9.17) is 16.7 Å². The zero-order chi connectivity index (χ0) is 19.3. The first-order valence-corrected chi connectivity index (χ1v) is 8.89. The number of amides is 3. The first-order valence-electron chi connectivity index (χ1n) is 8.51. The van der Waals surface area contributed by atoms with Gasteiger partial charge in [-0.25, -0.2) is 4.79 Å². The summed E-state index contributed by atoms with van der Waals surface area (Å²) in [4.78, 5) is 39.0. The molecule has 0 spiro atoms. The van der Waals surface area contributed by atoms with Crippen LogP contribution < -0.4 is 5.32 Å². The fourth-order valence-corrected chi connectivity index (χ4v) is 3.15. The Bertz CT molecular complexity index is 655. The number of benzene rings is 1. The number of piperidine rings is 1. The topological polar surface area (TPSA) is 90.0 Å². The molecular formula is C18H24ClN3O4. The normalized spacial score (nSPS) is 16.0.